The van der Waals surface area contributed by atoms with Gasteiger partial charge in [0, 0.05) is 26.2 Å². The summed E-state index contributed by atoms with van der Waals surface area (Å²) in [6, 6.07) is 1.59. The van der Waals surface area contributed by atoms with Gasteiger partial charge in [0.1, 0.15) is 0 Å². The van der Waals surface area contributed by atoms with Crippen LogP contribution in [0.15, 0.2) is 16.7 Å². The second-order valence-electron chi connectivity index (χ2n) is 5.31. The van der Waals surface area contributed by atoms with Gasteiger partial charge in [-0.25, -0.2) is 0 Å². The number of hydrogen-bond acceptors (Lipinski definition) is 4. The highest BCUT2D eigenvalue weighted by molar-refractivity contribution is 7.80. The van der Waals surface area contributed by atoms with Crippen molar-refractivity contribution in [1.82, 2.24) is 9.80 Å². The summed E-state index contributed by atoms with van der Waals surface area (Å²) in [5.74, 6) is -0.100. The summed E-state index contributed by atoms with van der Waals surface area (Å²) in [4.78, 5) is 16.7. The van der Waals surface area contributed by atoms with Crippen molar-refractivity contribution in [2.24, 2.45) is 5.73 Å². The lowest BCUT2D eigenvalue weighted by Crippen LogP contribution is -2.59. The molecule has 0 bridgehead atoms. The van der Waals surface area contributed by atoms with Gasteiger partial charge in [-0.2, -0.15) is 0 Å². The number of piperazine rings is 1. The summed E-state index contributed by atoms with van der Waals surface area (Å²) >= 11 is 10.9. The van der Waals surface area contributed by atoms with Gasteiger partial charge in [0.25, 0.3) is 5.91 Å². The molecule has 110 valence electrons. The summed E-state index contributed by atoms with van der Waals surface area (Å²) in [6.07, 6.45) is 1.42. The highest BCUT2D eigenvalue weighted by Gasteiger charge is 2.34. The number of thiocarbonyl (C=S) groups is 1. The third-order valence-corrected chi connectivity index (χ3v) is 4.60. The van der Waals surface area contributed by atoms with Crippen LogP contribution in [0.2, 0.25) is 5.22 Å². The lowest BCUT2D eigenvalue weighted by atomic mass is 10.0. The Balaban J connectivity index is 2.00. The molecule has 1 aromatic rings. The van der Waals surface area contributed by atoms with Crippen LogP contribution in [0.1, 0.15) is 24.2 Å². The van der Waals surface area contributed by atoms with Crippen LogP contribution < -0.4 is 5.73 Å². The van der Waals surface area contributed by atoms with E-state index in [1.165, 1.54) is 6.26 Å². The molecule has 1 aliphatic heterocycles. The van der Waals surface area contributed by atoms with E-state index in [4.69, 9.17) is 34.0 Å². The molecule has 2 rings (SSSR count). The van der Waals surface area contributed by atoms with Gasteiger partial charge in [-0.1, -0.05) is 12.2 Å². The zero-order valence-corrected chi connectivity index (χ0v) is 13.1. The predicted octanol–water partition coefficient (Wildman–Crippen LogP) is 1.76. The molecule has 20 heavy (non-hydrogen) atoms. The van der Waals surface area contributed by atoms with Gasteiger partial charge in [0.05, 0.1) is 22.4 Å². The summed E-state index contributed by atoms with van der Waals surface area (Å²) in [5, 5.41) is 0.140. The number of halogens is 1. The van der Waals surface area contributed by atoms with Crippen molar-refractivity contribution in [3.63, 3.8) is 0 Å². The van der Waals surface area contributed by atoms with E-state index in [1.54, 1.807) is 11.0 Å². The van der Waals surface area contributed by atoms with E-state index in [0.717, 1.165) is 13.1 Å². The number of nitrogens with zero attached hydrogens (tertiary/aromatic N) is 2. The number of rotatable bonds is 3. The molecule has 1 saturated heterocycles. The van der Waals surface area contributed by atoms with Crippen LogP contribution in [-0.4, -0.2) is 52.4 Å². The molecule has 0 unspecified atom stereocenters. The number of carbonyl (C=O) groups excluding carboxylic acids is 1. The second kappa shape index (κ2) is 5.71. The van der Waals surface area contributed by atoms with E-state index >= 15 is 0 Å². The van der Waals surface area contributed by atoms with Crippen LogP contribution in [-0.2, 0) is 0 Å². The fourth-order valence-electron chi connectivity index (χ4n) is 2.24. The van der Waals surface area contributed by atoms with Gasteiger partial charge in [-0.15, -0.1) is 0 Å². The van der Waals surface area contributed by atoms with Crippen LogP contribution in [0.5, 0.6) is 0 Å². The Labute approximate surface area is 128 Å². The maximum atomic E-state index is 12.3. The van der Waals surface area contributed by atoms with Crippen molar-refractivity contribution >= 4 is 34.7 Å². The van der Waals surface area contributed by atoms with Crippen LogP contribution in [0, 0.1) is 0 Å². The van der Waals surface area contributed by atoms with E-state index in [0.29, 0.717) is 23.6 Å². The zero-order valence-electron chi connectivity index (χ0n) is 11.6. The van der Waals surface area contributed by atoms with Gasteiger partial charge >= 0.3 is 0 Å². The quantitative estimate of drug-likeness (QED) is 0.861. The molecule has 0 saturated carbocycles. The molecule has 1 aliphatic rings. The van der Waals surface area contributed by atoms with Gasteiger partial charge in [-0.3, -0.25) is 9.69 Å². The fourth-order valence-corrected chi connectivity index (χ4v) is 2.57. The average molecular weight is 316 g/mol. The van der Waals surface area contributed by atoms with E-state index in [1.807, 2.05) is 13.8 Å². The van der Waals surface area contributed by atoms with Gasteiger partial charge < -0.3 is 15.1 Å². The minimum atomic E-state index is -0.336. The van der Waals surface area contributed by atoms with E-state index in [2.05, 4.69) is 4.90 Å². The maximum absolute atomic E-state index is 12.3. The molecule has 0 aromatic carbocycles. The molecule has 0 atom stereocenters. The van der Waals surface area contributed by atoms with Crippen LogP contribution in [0.3, 0.4) is 0 Å². The largest absolute Gasteiger partial charge is 0.452 e. The van der Waals surface area contributed by atoms with E-state index in [-0.39, 0.29) is 16.7 Å². The Bertz CT molecular complexity index is 521. The van der Waals surface area contributed by atoms with Gasteiger partial charge in [0.15, 0.2) is 0 Å². The van der Waals surface area contributed by atoms with Crippen molar-refractivity contribution in [1.29, 1.82) is 0 Å². The molecule has 1 amide bonds. The number of nitrogens with two attached hydrogens (primary N) is 1. The Morgan fingerprint density at radius 2 is 2.00 bits per heavy atom. The molecular weight excluding hydrogens is 298 g/mol. The minimum absolute atomic E-state index is 0.100. The van der Waals surface area contributed by atoms with Crippen molar-refractivity contribution in [3.8, 4) is 0 Å². The first kappa shape index (κ1) is 15.3. The topological polar surface area (TPSA) is 62.7 Å². The third-order valence-electron chi connectivity index (χ3n) is 3.81. The summed E-state index contributed by atoms with van der Waals surface area (Å²) < 4.78 is 4.96. The van der Waals surface area contributed by atoms with Crippen molar-refractivity contribution in [3.05, 3.63) is 23.1 Å². The normalized spacial score (nSPS) is 17.2. The number of furan rings is 1. The minimum Gasteiger partial charge on any atom is -0.452 e. The van der Waals surface area contributed by atoms with Crippen LogP contribution >= 0.6 is 23.8 Å². The highest BCUT2D eigenvalue weighted by Crippen LogP contribution is 2.21. The molecule has 7 heteroatoms. The van der Waals surface area contributed by atoms with Gasteiger partial charge in [-0.05, 0) is 31.5 Å². The molecule has 0 aliphatic carbocycles. The summed E-state index contributed by atoms with van der Waals surface area (Å²) in [6.45, 7) is 6.69. The molecule has 1 fully saturated rings. The smallest absolute Gasteiger partial charge is 0.258 e. The predicted molar refractivity (Wildman–Crippen MR) is 82.1 cm³/mol. The molecule has 0 spiro atoms. The molecule has 2 heterocycles. The molecule has 0 radical (unpaired) electrons. The first-order valence-corrected chi connectivity index (χ1v) is 7.20. The number of hydrogen-bond donors (Lipinski definition) is 1. The Kier molecular flexibility index (Phi) is 4.36. The highest BCUT2D eigenvalue weighted by atomic mass is 35.5. The van der Waals surface area contributed by atoms with Gasteiger partial charge in [0.2, 0.25) is 5.22 Å². The SMILES string of the molecule is CC(C)(C(N)=S)N1CCN(C(=O)c2ccoc2Cl)CC1. The number of carbonyl (C=O) groups is 1. The Morgan fingerprint density at radius 1 is 1.40 bits per heavy atom. The molecule has 2 N–H and O–H groups in total. The zero-order chi connectivity index (χ0) is 14.9. The monoisotopic (exact) mass is 315 g/mol. The van der Waals surface area contributed by atoms with Crippen LogP contribution in [0.25, 0.3) is 0 Å². The first-order chi connectivity index (χ1) is 9.34. The third kappa shape index (κ3) is 2.82. The number of amides is 1. The molecular formula is C13H18ClN3O2S. The second-order valence-corrected chi connectivity index (χ2v) is 6.09. The van der Waals surface area contributed by atoms with E-state index < -0.39 is 0 Å². The standard InChI is InChI=1S/C13H18ClN3O2S/c1-13(2,12(15)20)17-6-4-16(5-7-17)11(18)9-3-8-19-10(9)14/h3,8H,4-7H2,1-2H3,(H2,15,20). The summed E-state index contributed by atoms with van der Waals surface area (Å²) in [5.41, 5.74) is 5.85. The lowest BCUT2D eigenvalue weighted by molar-refractivity contribution is 0.0539. The van der Waals surface area contributed by atoms with E-state index in [9.17, 15) is 4.79 Å². The summed E-state index contributed by atoms with van der Waals surface area (Å²) in [7, 11) is 0. The first-order valence-electron chi connectivity index (χ1n) is 6.41. The average Bonchev–Trinajstić information content (AvgIpc) is 2.84. The maximum Gasteiger partial charge on any atom is 0.258 e. The fraction of sp³-hybridized carbons (Fsp3) is 0.538. The van der Waals surface area contributed by atoms with Crippen molar-refractivity contribution in [2.45, 2.75) is 19.4 Å². The van der Waals surface area contributed by atoms with Crippen LogP contribution in [0.4, 0.5) is 0 Å². The van der Waals surface area contributed by atoms with Crippen molar-refractivity contribution < 1.29 is 9.21 Å². The molecule has 5 nitrogen and oxygen atoms in total. The Hall–Kier alpha value is -1.11. The lowest BCUT2D eigenvalue weighted by Gasteiger charge is -2.43. The Morgan fingerprint density at radius 3 is 2.45 bits per heavy atom. The van der Waals surface area contributed by atoms with Crippen molar-refractivity contribution in [2.75, 3.05) is 26.2 Å². The molecule has 1 aromatic heterocycles.